The summed E-state index contributed by atoms with van der Waals surface area (Å²) < 4.78 is 14.5. The lowest BCUT2D eigenvalue weighted by Crippen LogP contribution is -2.27. The van der Waals surface area contributed by atoms with Crippen LogP contribution in [0.15, 0.2) is 34.8 Å². The Morgan fingerprint density at radius 3 is 2.87 bits per heavy atom. The van der Waals surface area contributed by atoms with E-state index >= 15 is 0 Å². The zero-order valence-corrected chi connectivity index (χ0v) is 10.2. The third-order valence-electron chi connectivity index (χ3n) is 2.77. The Bertz CT molecular complexity index is 389. The summed E-state index contributed by atoms with van der Waals surface area (Å²) in [7, 11) is 2.02. The first kappa shape index (κ1) is 10.8. The molecule has 1 aromatic rings. The highest BCUT2D eigenvalue weighted by atomic mass is 79.9. The van der Waals surface area contributed by atoms with E-state index in [0.717, 1.165) is 23.0 Å². The molecule has 80 valence electrons. The van der Waals surface area contributed by atoms with Gasteiger partial charge in [0.1, 0.15) is 5.82 Å². The van der Waals surface area contributed by atoms with E-state index in [4.69, 9.17) is 0 Å². The van der Waals surface area contributed by atoms with Gasteiger partial charge in [-0.25, -0.2) is 4.39 Å². The van der Waals surface area contributed by atoms with E-state index < -0.39 is 0 Å². The summed E-state index contributed by atoms with van der Waals surface area (Å²) in [4.78, 5) is 2.16. The van der Waals surface area contributed by atoms with Crippen molar-refractivity contribution in [2.45, 2.75) is 12.5 Å². The lowest BCUT2D eigenvalue weighted by atomic mass is 9.99. The molecule has 2 rings (SSSR count). The van der Waals surface area contributed by atoms with Gasteiger partial charge in [0.25, 0.3) is 0 Å². The van der Waals surface area contributed by atoms with Crippen LogP contribution in [0.25, 0.3) is 0 Å². The lowest BCUT2D eigenvalue weighted by molar-refractivity contribution is 0.255. The Hall–Kier alpha value is -0.670. The van der Waals surface area contributed by atoms with Crippen molar-refractivity contribution >= 4 is 15.9 Å². The van der Waals surface area contributed by atoms with E-state index in [1.165, 1.54) is 6.07 Å². The SMILES string of the molecule is CN1CC=CCC1c1ccc(Br)cc1F. The Balaban J connectivity index is 2.32. The topological polar surface area (TPSA) is 3.24 Å². The third kappa shape index (κ3) is 2.29. The Kier molecular flexibility index (Phi) is 3.22. The van der Waals surface area contributed by atoms with Crippen molar-refractivity contribution in [3.05, 3.63) is 46.2 Å². The molecule has 0 fully saturated rings. The summed E-state index contributed by atoms with van der Waals surface area (Å²) in [5.41, 5.74) is 0.782. The predicted molar refractivity (Wildman–Crippen MR) is 63.2 cm³/mol. The van der Waals surface area contributed by atoms with Crippen LogP contribution in [0.5, 0.6) is 0 Å². The largest absolute Gasteiger partial charge is 0.295 e. The summed E-state index contributed by atoms with van der Waals surface area (Å²) in [6.07, 6.45) is 5.12. The highest BCUT2D eigenvalue weighted by Crippen LogP contribution is 2.29. The second-order valence-electron chi connectivity index (χ2n) is 3.83. The lowest BCUT2D eigenvalue weighted by Gasteiger charge is -2.29. The number of rotatable bonds is 1. The first-order chi connectivity index (χ1) is 7.18. The monoisotopic (exact) mass is 269 g/mol. The summed E-state index contributed by atoms with van der Waals surface area (Å²) in [6.45, 7) is 0.889. The molecule has 0 amide bonds. The summed E-state index contributed by atoms with van der Waals surface area (Å²) in [5.74, 6) is -0.128. The maximum atomic E-state index is 13.7. The highest BCUT2D eigenvalue weighted by molar-refractivity contribution is 9.10. The number of nitrogens with zero attached hydrogens (tertiary/aromatic N) is 1. The molecule has 1 aliphatic heterocycles. The average molecular weight is 270 g/mol. The van der Waals surface area contributed by atoms with Crippen molar-refractivity contribution in [1.82, 2.24) is 4.90 Å². The minimum absolute atomic E-state index is 0.128. The molecule has 0 saturated carbocycles. The molecule has 1 atom stereocenters. The van der Waals surface area contributed by atoms with Crippen molar-refractivity contribution in [2.24, 2.45) is 0 Å². The summed E-state index contributed by atoms with van der Waals surface area (Å²) in [6, 6.07) is 5.45. The highest BCUT2D eigenvalue weighted by Gasteiger charge is 2.20. The normalized spacial score (nSPS) is 21.9. The van der Waals surface area contributed by atoms with Crippen LogP contribution in [0, 0.1) is 5.82 Å². The first-order valence-corrected chi connectivity index (χ1v) is 5.78. The molecule has 0 aliphatic carbocycles. The molecular formula is C12H13BrFN. The second kappa shape index (κ2) is 4.45. The Labute approximate surface area is 97.7 Å². The van der Waals surface area contributed by atoms with E-state index in [9.17, 15) is 4.39 Å². The van der Waals surface area contributed by atoms with Gasteiger partial charge in [0.05, 0.1) is 0 Å². The Morgan fingerprint density at radius 2 is 2.20 bits per heavy atom. The van der Waals surface area contributed by atoms with Gasteiger partial charge in [-0.05, 0) is 25.6 Å². The fraction of sp³-hybridized carbons (Fsp3) is 0.333. The molecule has 0 N–H and O–H groups in total. The third-order valence-corrected chi connectivity index (χ3v) is 3.27. The van der Waals surface area contributed by atoms with Crippen LogP contribution in [-0.2, 0) is 0 Å². The quantitative estimate of drug-likeness (QED) is 0.706. The fourth-order valence-corrected chi connectivity index (χ4v) is 2.24. The fourth-order valence-electron chi connectivity index (χ4n) is 1.91. The minimum Gasteiger partial charge on any atom is -0.295 e. The number of benzene rings is 1. The van der Waals surface area contributed by atoms with E-state index in [0.29, 0.717) is 0 Å². The van der Waals surface area contributed by atoms with Crippen LogP contribution in [0.4, 0.5) is 4.39 Å². The van der Waals surface area contributed by atoms with Gasteiger partial charge in [-0.15, -0.1) is 0 Å². The van der Waals surface area contributed by atoms with Crippen molar-refractivity contribution in [2.75, 3.05) is 13.6 Å². The van der Waals surface area contributed by atoms with Crippen molar-refractivity contribution in [3.63, 3.8) is 0 Å². The van der Waals surface area contributed by atoms with Gasteiger partial charge < -0.3 is 0 Å². The average Bonchev–Trinajstić information content (AvgIpc) is 2.20. The van der Waals surface area contributed by atoms with Gasteiger partial charge in [-0.3, -0.25) is 4.90 Å². The van der Waals surface area contributed by atoms with E-state index in [-0.39, 0.29) is 11.9 Å². The molecule has 1 nitrogen and oxygen atoms in total. The maximum Gasteiger partial charge on any atom is 0.129 e. The molecule has 3 heteroatoms. The standard InChI is InChI=1S/C12H13BrFN/c1-15-7-3-2-4-12(15)10-6-5-9(13)8-11(10)14/h2-3,5-6,8,12H,4,7H2,1H3. The molecule has 0 saturated heterocycles. The summed E-state index contributed by atoms with van der Waals surface area (Å²) in [5, 5.41) is 0. The van der Waals surface area contributed by atoms with E-state index in [1.54, 1.807) is 0 Å². The van der Waals surface area contributed by atoms with Crippen LogP contribution in [0.3, 0.4) is 0 Å². The zero-order chi connectivity index (χ0) is 10.8. The Morgan fingerprint density at radius 1 is 1.40 bits per heavy atom. The zero-order valence-electron chi connectivity index (χ0n) is 8.58. The molecule has 1 aromatic carbocycles. The summed E-state index contributed by atoms with van der Waals surface area (Å²) >= 11 is 3.27. The number of hydrogen-bond acceptors (Lipinski definition) is 1. The van der Waals surface area contributed by atoms with E-state index in [2.05, 4.69) is 33.0 Å². The van der Waals surface area contributed by atoms with Crippen molar-refractivity contribution in [3.8, 4) is 0 Å². The van der Waals surface area contributed by atoms with Crippen LogP contribution in [0.1, 0.15) is 18.0 Å². The van der Waals surface area contributed by atoms with Crippen LogP contribution >= 0.6 is 15.9 Å². The second-order valence-corrected chi connectivity index (χ2v) is 4.74. The number of likely N-dealkylation sites (N-methyl/N-ethyl adjacent to an activating group) is 1. The predicted octanol–water partition coefficient (Wildman–Crippen LogP) is 3.52. The molecule has 1 unspecified atom stereocenters. The van der Waals surface area contributed by atoms with Gasteiger partial charge in [0, 0.05) is 22.6 Å². The molecule has 1 heterocycles. The molecule has 1 aliphatic rings. The van der Waals surface area contributed by atoms with Crippen molar-refractivity contribution in [1.29, 1.82) is 0 Å². The smallest absolute Gasteiger partial charge is 0.129 e. The molecule has 0 spiro atoms. The van der Waals surface area contributed by atoms with Gasteiger partial charge >= 0.3 is 0 Å². The van der Waals surface area contributed by atoms with Crippen molar-refractivity contribution < 1.29 is 4.39 Å². The van der Waals surface area contributed by atoms with Gasteiger partial charge in [0.15, 0.2) is 0 Å². The van der Waals surface area contributed by atoms with Gasteiger partial charge in [0.2, 0.25) is 0 Å². The van der Waals surface area contributed by atoms with E-state index in [1.807, 2.05) is 19.2 Å². The molecular weight excluding hydrogens is 257 g/mol. The number of halogens is 2. The van der Waals surface area contributed by atoms with Crippen LogP contribution in [0.2, 0.25) is 0 Å². The molecule has 15 heavy (non-hydrogen) atoms. The minimum atomic E-state index is -0.128. The van der Waals surface area contributed by atoms with Gasteiger partial charge in [-0.2, -0.15) is 0 Å². The van der Waals surface area contributed by atoms with Crippen LogP contribution in [-0.4, -0.2) is 18.5 Å². The molecule has 0 radical (unpaired) electrons. The first-order valence-electron chi connectivity index (χ1n) is 4.98. The number of hydrogen-bond donors (Lipinski definition) is 0. The molecule has 0 bridgehead atoms. The van der Waals surface area contributed by atoms with Crippen LogP contribution < -0.4 is 0 Å². The maximum absolute atomic E-state index is 13.7. The van der Waals surface area contributed by atoms with Gasteiger partial charge in [-0.1, -0.05) is 34.1 Å². The molecule has 0 aromatic heterocycles.